The van der Waals surface area contributed by atoms with Gasteiger partial charge in [0.15, 0.2) is 18.7 Å². The second kappa shape index (κ2) is 46.6. The molecule has 2 saturated heterocycles. The Morgan fingerprint density at radius 1 is 0.434 bits per heavy atom. The van der Waals surface area contributed by atoms with Crippen molar-refractivity contribution in [2.75, 3.05) is 26.4 Å². The Labute approximate surface area is 456 Å². The summed E-state index contributed by atoms with van der Waals surface area (Å²) in [5, 5.41) is 72.3. The van der Waals surface area contributed by atoms with Crippen LogP contribution < -0.4 is 0 Å². The molecule has 0 bridgehead atoms. The molecule has 7 N–H and O–H groups in total. The van der Waals surface area contributed by atoms with Crippen LogP contribution in [0.2, 0.25) is 0 Å². The van der Waals surface area contributed by atoms with E-state index in [9.17, 15) is 45.3 Å². The topological polar surface area (TPSA) is 231 Å². The van der Waals surface area contributed by atoms with Crippen molar-refractivity contribution in [3.05, 3.63) is 85.1 Å². The summed E-state index contributed by atoms with van der Waals surface area (Å²) in [5.41, 5.74) is 0. The van der Waals surface area contributed by atoms with Crippen molar-refractivity contribution in [1.82, 2.24) is 0 Å². The lowest BCUT2D eigenvalue weighted by molar-refractivity contribution is -0.332. The van der Waals surface area contributed by atoms with Crippen molar-refractivity contribution < 1.29 is 73.8 Å². The number of rotatable bonds is 45. The first kappa shape index (κ1) is 68.8. The molecule has 76 heavy (non-hydrogen) atoms. The van der Waals surface area contributed by atoms with E-state index in [1.165, 1.54) is 44.9 Å². The summed E-state index contributed by atoms with van der Waals surface area (Å²) in [7, 11) is 0. The molecule has 0 radical (unpaired) electrons. The lowest BCUT2D eigenvalue weighted by Gasteiger charge is -2.42. The number of hydrogen-bond donors (Lipinski definition) is 7. The van der Waals surface area contributed by atoms with Crippen LogP contribution in [0.15, 0.2) is 85.1 Å². The third kappa shape index (κ3) is 33.2. The standard InChI is InChI=1S/C61H102O15/c1-3-5-7-9-11-13-15-17-19-21-23-24-26-28-30-32-34-36-38-40-42-44-53(64)74-49(46-71-52(63)43-41-39-37-35-33-31-29-27-25-22-20-18-16-14-12-10-8-6-4-2)47-72-60-59(70)57(68)55(66)51(76-60)48-73-61-58(69)56(67)54(65)50(45-62)75-61/h5,7,11-14,17-20,23-25,27,49-51,54-62,65-70H,3-4,6,8-10,15-16,21-22,26,28-48H2,1-2H3/b7-5-,13-11-,14-12-,19-17-,20-18-,24-23-,27-25-. The number of esters is 2. The van der Waals surface area contributed by atoms with E-state index in [0.717, 1.165) is 109 Å². The molecule has 2 aliphatic rings. The molecule has 2 heterocycles. The fraction of sp³-hybridized carbons (Fsp3) is 0.738. The van der Waals surface area contributed by atoms with Gasteiger partial charge in [-0.05, 0) is 89.9 Å². The minimum atomic E-state index is -1.77. The van der Waals surface area contributed by atoms with E-state index in [1.807, 2.05) is 0 Å². The fourth-order valence-corrected chi connectivity index (χ4v) is 8.63. The van der Waals surface area contributed by atoms with Crippen molar-refractivity contribution in [3.63, 3.8) is 0 Å². The lowest BCUT2D eigenvalue weighted by Crippen LogP contribution is -2.61. The Hall–Kier alpha value is -3.32. The molecule has 0 spiro atoms. The minimum absolute atomic E-state index is 0.148. The number of ether oxygens (including phenoxy) is 6. The van der Waals surface area contributed by atoms with Gasteiger partial charge < -0.3 is 64.2 Å². The number of hydrogen-bond acceptors (Lipinski definition) is 15. The monoisotopic (exact) mass is 1070 g/mol. The Bertz CT molecular complexity index is 1640. The summed E-state index contributed by atoms with van der Waals surface area (Å²) in [6.45, 7) is 2.43. The highest BCUT2D eigenvalue weighted by Crippen LogP contribution is 2.26. The van der Waals surface area contributed by atoms with E-state index >= 15 is 0 Å². The maximum atomic E-state index is 13.1. The number of allylic oxidation sites excluding steroid dienone is 14. The van der Waals surface area contributed by atoms with Crippen molar-refractivity contribution in [1.29, 1.82) is 0 Å². The van der Waals surface area contributed by atoms with Gasteiger partial charge in [0.05, 0.1) is 19.8 Å². The van der Waals surface area contributed by atoms with Crippen LogP contribution in [0.1, 0.15) is 194 Å². The third-order valence-corrected chi connectivity index (χ3v) is 13.4. The van der Waals surface area contributed by atoms with E-state index in [-0.39, 0.29) is 19.4 Å². The van der Waals surface area contributed by atoms with Crippen LogP contribution in [0.4, 0.5) is 0 Å². The summed E-state index contributed by atoms with van der Waals surface area (Å²) >= 11 is 0. The second-order valence-electron chi connectivity index (χ2n) is 20.1. The number of carbonyl (C=O) groups excluding carboxylic acids is 2. The molecule has 0 aromatic heterocycles. The summed E-state index contributed by atoms with van der Waals surface area (Å²) < 4.78 is 33.7. The zero-order valence-corrected chi connectivity index (χ0v) is 46.5. The van der Waals surface area contributed by atoms with Crippen LogP contribution in [0.3, 0.4) is 0 Å². The first-order chi connectivity index (χ1) is 37.0. The van der Waals surface area contributed by atoms with Crippen LogP contribution in [0.25, 0.3) is 0 Å². The van der Waals surface area contributed by atoms with Gasteiger partial charge in [-0.25, -0.2) is 0 Å². The number of aliphatic hydroxyl groups excluding tert-OH is 7. The molecule has 2 aliphatic heterocycles. The Morgan fingerprint density at radius 3 is 1.30 bits per heavy atom. The first-order valence-electron chi connectivity index (χ1n) is 29.2. The van der Waals surface area contributed by atoms with Crippen LogP contribution >= 0.6 is 0 Å². The van der Waals surface area contributed by atoms with Gasteiger partial charge in [-0.15, -0.1) is 0 Å². The lowest BCUT2D eigenvalue weighted by atomic mass is 9.98. The van der Waals surface area contributed by atoms with Crippen molar-refractivity contribution in [2.45, 2.75) is 261 Å². The van der Waals surface area contributed by atoms with Crippen molar-refractivity contribution >= 4 is 11.9 Å². The van der Waals surface area contributed by atoms with E-state index < -0.39 is 99.3 Å². The Balaban J connectivity index is 1.77. The molecule has 2 rings (SSSR count). The van der Waals surface area contributed by atoms with Gasteiger partial charge in [-0.2, -0.15) is 0 Å². The summed E-state index contributed by atoms with van der Waals surface area (Å²) in [5.74, 6) is -0.952. The molecule has 0 aromatic carbocycles. The molecule has 11 unspecified atom stereocenters. The van der Waals surface area contributed by atoms with Gasteiger partial charge in [-0.1, -0.05) is 176 Å². The van der Waals surface area contributed by atoms with Crippen LogP contribution in [-0.2, 0) is 38.0 Å². The van der Waals surface area contributed by atoms with Gasteiger partial charge in [0, 0.05) is 12.8 Å². The number of unbranched alkanes of at least 4 members (excludes halogenated alkanes) is 17. The highest BCUT2D eigenvalue weighted by Gasteiger charge is 2.47. The average Bonchev–Trinajstić information content (AvgIpc) is 3.41. The molecule has 15 heteroatoms. The molecule has 2 fully saturated rings. The fourth-order valence-electron chi connectivity index (χ4n) is 8.63. The molecule has 436 valence electrons. The Morgan fingerprint density at radius 2 is 0.829 bits per heavy atom. The molecule has 15 nitrogen and oxygen atoms in total. The molecule has 0 saturated carbocycles. The smallest absolute Gasteiger partial charge is 0.306 e. The molecular formula is C61H102O15. The predicted octanol–water partition coefficient (Wildman–Crippen LogP) is 9.94. The number of aliphatic hydroxyl groups is 7. The average molecular weight is 1080 g/mol. The van der Waals surface area contributed by atoms with E-state index in [4.69, 9.17) is 28.4 Å². The largest absolute Gasteiger partial charge is 0.462 e. The van der Waals surface area contributed by atoms with Crippen molar-refractivity contribution in [3.8, 4) is 0 Å². The summed E-state index contributed by atoms with van der Waals surface area (Å²) in [6.07, 6.45) is 41.6. The maximum Gasteiger partial charge on any atom is 0.306 e. The van der Waals surface area contributed by atoms with Gasteiger partial charge in [-0.3, -0.25) is 9.59 Å². The molecule has 0 aliphatic carbocycles. The van der Waals surface area contributed by atoms with Crippen LogP contribution in [-0.4, -0.2) is 142 Å². The first-order valence-corrected chi connectivity index (χ1v) is 29.2. The molecular weight excluding hydrogens is 973 g/mol. The minimum Gasteiger partial charge on any atom is -0.462 e. The van der Waals surface area contributed by atoms with E-state index in [0.29, 0.717) is 12.8 Å². The van der Waals surface area contributed by atoms with Gasteiger partial charge in [0.2, 0.25) is 0 Å². The maximum absolute atomic E-state index is 13.1. The Kier molecular flexibility index (Phi) is 42.2. The highest BCUT2D eigenvalue weighted by atomic mass is 16.7. The second-order valence-corrected chi connectivity index (χ2v) is 20.1. The third-order valence-electron chi connectivity index (χ3n) is 13.4. The number of carbonyl (C=O) groups is 2. The summed E-state index contributed by atoms with van der Waals surface area (Å²) in [6, 6.07) is 0. The summed E-state index contributed by atoms with van der Waals surface area (Å²) in [4.78, 5) is 25.9. The van der Waals surface area contributed by atoms with Gasteiger partial charge in [0.1, 0.15) is 55.4 Å². The normalized spacial score (nSPS) is 25.0. The molecule has 0 aromatic rings. The quantitative estimate of drug-likeness (QED) is 0.0171. The highest BCUT2D eigenvalue weighted by molar-refractivity contribution is 5.70. The van der Waals surface area contributed by atoms with Gasteiger partial charge >= 0.3 is 11.9 Å². The zero-order chi connectivity index (χ0) is 55.3. The zero-order valence-electron chi connectivity index (χ0n) is 46.5. The van der Waals surface area contributed by atoms with Gasteiger partial charge in [0.25, 0.3) is 0 Å². The van der Waals surface area contributed by atoms with Crippen LogP contribution in [0.5, 0.6) is 0 Å². The predicted molar refractivity (Wildman–Crippen MR) is 298 cm³/mol. The van der Waals surface area contributed by atoms with Crippen molar-refractivity contribution in [2.24, 2.45) is 0 Å². The molecule has 11 atom stereocenters. The van der Waals surface area contributed by atoms with E-state index in [2.05, 4.69) is 98.9 Å². The molecule has 0 amide bonds. The van der Waals surface area contributed by atoms with E-state index in [1.54, 1.807) is 0 Å². The SMILES string of the molecule is CC/C=C\C/C=C\C/C=C\C/C=C\CCCCCCCCCCC(=O)OC(COC(=O)CCCCCCCC/C=C\C/C=C\C/C=C\CCCCC)COC1OC(COC2OC(CO)C(O)C(O)C2O)C(O)C(O)C1O. The van der Waals surface area contributed by atoms with Crippen LogP contribution in [0, 0.1) is 0 Å².